The molecule has 0 N–H and O–H groups in total. The lowest BCUT2D eigenvalue weighted by Gasteiger charge is -1.91. The maximum Gasteiger partial charge on any atom is 0.557 e. The minimum Gasteiger partial charge on any atom is -0.425 e. The third-order valence-electron chi connectivity index (χ3n) is 1.35. The Morgan fingerprint density at radius 3 is 3.08 bits per heavy atom. The zero-order valence-electron chi connectivity index (χ0n) is 6.97. The molecular weight excluding hydrogens is 195 g/mol. The molecule has 1 aliphatic heterocycles. The van der Waals surface area contributed by atoms with E-state index < -0.39 is 20.0 Å². The van der Waals surface area contributed by atoms with Crippen LogP contribution in [0.25, 0.3) is 0 Å². The Hall–Kier alpha value is -0.930. The summed E-state index contributed by atoms with van der Waals surface area (Å²) in [5.41, 5.74) is 0. The number of cyclic esters (lactones) is 2. The van der Waals surface area contributed by atoms with Gasteiger partial charge in [0, 0.05) is 0 Å². The summed E-state index contributed by atoms with van der Waals surface area (Å²) in [4.78, 5) is 10.4. The second kappa shape index (κ2) is 4.94. The maximum atomic E-state index is 11.2. The Balaban J connectivity index is 2.23. The van der Waals surface area contributed by atoms with Crippen molar-refractivity contribution in [3.05, 3.63) is 12.7 Å². The zero-order valence-corrected chi connectivity index (χ0v) is 7.87. The first-order chi connectivity index (χ1) is 6.24. The van der Waals surface area contributed by atoms with Gasteiger partial charge in [-0.3, -0.25) is 0 Å². The smallest absolute Gasteiger partial charge is 0.425 e. The first kappa shape index (κ1) is 10.2. The van der Waals surface area contributed by atoms with Crippen molar-refractivity contribution in [2.24, 2.45) is 0 Å². The largest absolute Gasteiger partial charge is 0.557 e. The first-order valence-corrected chi connectivity index (χ1v) is 5.02. The van der Waals surface area contributed by atoms with Crippen LogP contribution >= 0.6 is 8.03 Å². The minimum atomic E-state index is -1.99. The van der Waals surface area contributed by atoms with E-state index >= 15 is 0 Å². The van der Waals surface area contributed by atoms with Crippen molar-refractivity contribution in [3.63, 3.8) is 0 Å². The van der Waals surface area contributed by atoms with Gasteiger partial charge in [0.2, 0.25) is 0 Å². The monoisotopic (exact) mass is 205 g/mol. The summed E-state index contributed by atoms with van der Waals surface area (Å²) >= 11 is 0. The molecule has 1 heterocycles. The molecule has 0 saturated carbocycles. The molecule has 6 heteroatoms. The van der Waals surface area contributed by atoms with Crippen molar-refractivity contribution in [1.82, 2.24) is 0 Å². The predicted octanol–water partition coefficient (Wildman–Crippen LogP) is 1.81. The Morgan fingerprint density at radius 2 is 2.54 bits per heavy atom. The van der Waals surface area contributed by atoms with Crippen LogP contribution < -0.4 is 0 Å². The van der Waals surface area contributed by atoms with E-state index in [1.165, 1.54) is 0 Å². The molecule has 1 rings (SSSR count). The summed E-state index contributed by atoms with van der Waals surface area (Å²) < 4.78 is 25.1. The molecule has 0 spiro atoms. The van der Waals surface area contributed by atoms with Crippen molar-refractivity contribution in [3.8, 4) is 0 Å². The molecular formula is C7H10O5P+. The van der Waals surface area contributed by atoms with Gasteiger partial charge in [-0.05, 0) is 11.0 Å². The summed E-state index contributed by atoms with van der Waals surface area (Å²) in [5.74, 6) is -0.757. The summed E-state index contributed by atoms with van der Waals surface area (Å²) in [6, 6.07) is 0. The van der Waals surface area contributed by atoms with Gasteiger partial charge in [0.15, 0.2) is 6.61 Å². The maximum absolute atomic E-state index is 11.2. The fourth-order valence-corrected chi connectivity index (χ4v) is 1.55. The molecule has 0 amide bonds. The molecule has 1 aliphatic rings. The van der Waals surface area contributed by atoms with Gasteiger partial charge in [0.25, 0.3) is 0 Å². The lowest BCUT2D eigenvalue weighted by atomic mass is 10.5. The minimum absolute atomic E-state index is 0.00211. The van der Waals surface area contributed by atoms with Crippen molar-refractivity contribution < 1.29 is 23.4 Å². The highest BCUT2D eigenvalue weighted by Crippen LogP contribution is 2.33. The third-order valence-corrected chi connectivity index (χ3v) is 2.51. The van der Waals surface area contributed by atoms with Gasteiger partial charge < -0.3 is 9.47 Å². The van der Waals surface area contributed by atoms with Crippen LogP contribution in [0.1, 0.15) is 6.42 Å². The molecule has 1 fully saturated rings. The SMILES string of the molecule is C=CCCO[P+](=O)C1COC(=O)O1. The average Bonchev–Trinajstić information content (AvgIpc) is 2.52. The molecule has 2 atom stereocenters. The lowest BCUT2D eigenvalue weighted by Crippen LogP contribution is -2.05. The number of ether oxygens (including phenoxy) is 2. The van der Waals surface area contributed by atoms with Gasteiger partial charge in [-0.25, -0.2) is 4.79 Å². The second-order valence-corrected chi connectivity index (χ2v) is 3.73. The van der Waals surface area contributed by atoms with E-state index in [1.807, 2.05) is 0 Å². The van der Waals surface area contributed by atoms with E-state index in [-0.39, 0.29) is 6.61 Å². The lowest BCUT2D eigenvalue weighted by molar-refractivity contribution is 0.126. The second-order valence-electron chi connectivity index (χ2n) is 2.33. The predicted molar refractivity (Wildman–Crippen MR) is 44.6 cm³/mol. The first-order valence-electron chi connectivity index (χ1n) is 3.77. The Bertz CT molecular complexity index is 227. The zero-order chi connectivity index (χ0) is 9.68. The van der Waals surface area contributed by atoms with Gasteiger partial charge in [0.1, 0.15) is 6.61 Å². The number of carbonyl (C=O) groups excluding carboxylic acids is 1. The van der Waals surface area contributed by atoms with Crippen molar-refractivity contribution >= 4 is 14.2 Å². The number of carbonyl (C=O) groups is 1. The highest BCUT2D eigenvalue weighted by atomic mass is 31.1. The van der Waals surface area contributed by atoms with Crippen molar-refractivity contribution in [2.75, 3.05) is 13.2 Å². The molecule has 0 aromatic heterocycles. The van der Waals surface area contributed by atoms with Gasteiger partial charge >= 0.3 is 20.0 Å². The van der Waals surface area contributed by atoms with Crippen LogP contribution in [-0.2, 0) is 18.6 Å². The Labute approximate surface area is 76.5 Å². The number of hydrogen-bond acceptors (Lipinski definition) is 5. The Morgan fingerprint density at radius 1 is 1.77 bits per heavy atom. The van der Waals surface area contributed by atoms with Gasteiger partial charge in [0.05, 0.1) is 0 Å². The molecule has 0 aromatic rings. The highest BCUT2D eigenvalue weighted by Gasteiger charge is 2.43. The number of rotatable bonds is 5. The summed E-state index contributed by atoms with van der Waals surface area (Å²) in [6.07, 6.45) is 1.48. The molecule has 0 aromatic carbocycles. The third kappa shape index (κ3) is 3.13. The van der Waals surface area contributed by atoms with E-state index in [9.17, 15) is 9.36 Å². The van der Waals surface area contributed by atoms with Crippen LogP contribution in [0.15, 0.2) is 12.7 Å². The molecule has 0 bridgehead atoms. The van der Waals surface area contributed by atoms with E-state index in [2.05, 4.69) is 16.1 Å². The Kier molecular flexibility index (Phi) is 3.86. The standard InChI is InChI=1S/C7H10O5P/c1-2-3-4-11-13(9)6-5-10-7(8)12-6/h2,6H,1,3-5H2/q+1. The quantitative estimate of drug-likeness (QED) is 0.296. The van der Waals surface area contributed by atoms with Gasteiger partial charge in [-0.1, -0.05) is 6.08 Å². The average molecular weight is 205 g/mol. The van der Waals surface area contributed by atoms with Crippen LogP contribution in [0.3, 0.4) is 0 Å². The summed E-state index contributed by atoms with van der Waals surface area (Å²) in [6.45, 7) is 3.80. The van der Waals surface area contributed by atoms with Crippen LogP contribution in [0, 0.1) is 0 Å². The summed E-state index contributed by atoms with van der Waals surface area (Å²) in [7, 11) is -1.99. The van der Waals surface area contributed by atoms with E-state index in [1.54, 1.807) is 6.08 Å². The van der Waals surface area contributed by atoms with Crippen LogP contribution in [0.4, 0.5) is 4.79 Å². The van der Waals surface area contributed by atoms with Crippen LogP contribution in [0.5, 0.6) is 0 Å². The van der Waals surface area contributed by atoms with Crippen LogP contribution in [0.2, 0.25) is 0 Å². The normalized spacial score (nSPS) is 22.0. The topological polar surface area (TPSA) is 61.8 Å². The molecule has 2 unspecified atom stereocenters. The molecule has 1 saturated heterocycles. The van der Waals surface area contributed by atoms with Crippen molar-refractivity contribution in [2.45, 2.75) is 12.3 Å². The molecule has 0 aliphatic carbocycles. The summed E-state index contributed by atoms with van der Waals surface area (Å²) in [5, 5.41) is 0. The molecule has 0 radical (unpaired) electrons. The van der Waals surface area contributed by atoms with Gasteiger partial charge in [-0.2, -0.15) is 0 Å². The van der Waals surface area contributed by atoms with E-state index in [0.29, 0.717) is 13.0 Å². The van der Waals surface area contributed by atoms with E-state index in [0.717, 1.165) is 0 Å². The van der Waals surface area contributed by atoms with Crippen LogP contribution in [-0.4, -0.2) is 25.2 Å². The van der Waals surface area contributed by atoms with E-state index in [4.69, 9.17) is 4.52 Å². The van der Waals surface area contributed by atoms with Crippen molar-refractivity contribution in [1.29, 1.82) is 0 Å². The van der Waals surface area contributed by atoms with Gasteiger partial charge in [-0.15, -0.1) is 11.1 Å². The fourth-order valence-electron chi connectivity index (χ4n) is 0.731. The fraction of sp³-hybridized carbons (Fsp3) is 0.571. The molecule has 5 nitrogen and oxygen atoms in total. The molecule has 13 heavy (non-hydrogen) atoms. The number of hydrogen-bond donors (Lipinski definition) is 0. The highest BCUT2D eigenvalue weighted by molar-refractivity contribution is 7.39. The molecule has 72 valence electrons.